The summed E-state index contributed by atoms with van der Waals surface area (Å²) in [4.78, 5) is 25.4. The maximum absolute atomic E-state index is 13.1. The fraction of sp³-hybridized carbons (Fsp3) is 0.429. The van der Waals surface area contributed by atoms with Gasteiger partial charge in [-0.05, 0) is 31.4 Å². The average molecular weight is 317 g/mol. The van der Waals surface area contributed by atoms with Crippen LogP contribution in [0.25, 0.3) is 0 Å². The summed E-state index contributed by atoms with van der Waals surface area (Å²) in [7, 11) is 0. The molecule has 2 rings (SSSR count). The van der Waals surface area contributed by atoms with Gasteiger partial charge in [0.15, 0.2) is 0 Å². The normalized spacial score (nSPS) is 18.4. The van der Waals surface area contributed by atoms with Crippen LogP contribution in [0.2, 0.25) is 0 Å². The van der Waals surface area contributed by atoms with Gasteiger partial charge in [-0.2, -0.15) is 0 Å². The molecule has 0 aliphatic carbocycles. The minimum Gasteiger partial charge on any atom is -0.330 e. The summed E-state index contributed by atoms with van der Waals surface area (Å²) in [6, 6.07) is 2.12. The Morgan fingerprint density at radius 1 is 1.24 bits per heavy atom. The standard InChI is InChI=1S/C14H15ClF2N2O2/c15-8-13(20)19-4-2-1-3-12(19)14(21)18-11-6-9(16)5-10(17)7-11/h5-7,12H,1-4,8H2,(H,18,21). The molecule has 0 bridgehead atoms. The SMILES string of the molecule is O=C(Nc1cc(F)cc(F)c1)C1CCCCN1C(=O)CCl. The molecule has 21 heavy (non-hydrogen) atoms. The number of carbonyl (C=O) groups is 2. The zero-order valence-corrected chi connectivity index (χ0v) is 12.0. The first-order valence-electron chi connectivity index (χ1n) is 6.63. The molecule has 2 amide bonds. The first-order chi connectivity index (χ1) is 10.0. The number of hydrogen-bond acceptors (Lipinski definition) is 2. The maximum Gasteiger partial charge on any atom is 0.247 e. The smallest absolute Gasteiger partial charge is 0.247 e. The molecule has 114 valence electrons. The number of hydrogen-bond donors (Lipinski definition) is 1. The van der Waals surface area contributed by atoms with Crippen molar-refractivity contribution in [3.05, 3.63) is 29.8 Å². The van der Waals surface area contributed by atoms with Gasteiger partial charge in [0.25, 0.3) is 0 Å². The Morgan fingerprint density at radius 2 is 1.90 bits per heavy atom. The highest BCUT2D eigenvalue weighted by molar-refractivity contribution is 6.27. The fourth-order valence-electron chi connectivity index (χ4n) is 2.43. The molecular weight excluding hydrogens is 302 g/mol. The third kappa shape index (κ3) is 3.91. The Balaban J connectivity index is 2.11. The molecule has 1 aromatic rings. The van der Waals surface area contributed by atoms with Crippen molar-refractivity contribution in [3.63, 3.8) is 0 Å². The van der Waals surface area contributed by atoms with E-state index in [0.29, 0.717) is 13.0 Å². The van der Waals surface area contributed by atoms with Gasteiger partial charge in [-0.15, -0.1) is 11.6 Å². The molecule has 0 aromatic heterocycles. The average Bonchev–Trinajstić information content (AvgIpc) is 2.45. The predicted molar refractivity (Wildman–Crippen MR) is 75.1 cm³/mol. The van der Waals surface area contributed by atoms with E-state index < -0.39 is 23.6 Å². The van der Waals surface area contributed by atoms with Gasteiger partial charge in [0.2, 0.25) is 11.8 Å². The van der Waals surface area contributed by atoms with Gasteiger partial charge >= 0.3 is 0 Å². The molecule has 1 atom stereocenters. The Bertz CT molecular complexity index is 534. The monoisotopic (exact) mass is 316 g/mol. The first-order valence-corrected chi connectivity index (χ1v) is 7.17. The second-order valence-electron chi connectivity index (χ2n) is 4.88. The zero-order chi connectivity index (χ0) is 15.4. The number of halogens is 3. The van der Waals surface area contributed by atoms with Crippen molar-refractivity contribution in [2.24, 2.45) is 0 Å². The lowest BCUT2D eigenvalue weighted by Crippen LogP contribution is -2.50. The summed E-state index contributed by atoms with van der Waals surface area (Å²) in [6.07, 6.45) is 2.12. The molecule has 1 unspecified atom stereocenters. The van der Waals surface area contributed by atoms with Crippen molar-refractivity contribution in [1.29, 1.82) is 0 Å². The van der Waals surface area contributed by atoms with Crippen molar-refractivity contribution in [2.45, 2.75) is 25.3 Å². The van der Waals surface area contributed by atoms with Crippen LogP contribution in [0.4, 0.5) is 14.5 Å². The van der Waals surface area contributed by atoms with E-state index in [1.807, 2.05) is 0 Å². The highest BCUT2D eigenvalue weighted by atomic mass is 35.5. The highest BCUT2D eigenvalue weighted by Gasteiger charge is 2.31. The third-order valence-electron chi connectivity index (χ3n) is 3.37. The first kappa shape index (κ1) is 15.7. The number of benzene rings is 1. The number of piperidine rings is 1. The summed E-state index contributed by atoms with van der Waals surface area (Å²) < 4.78 is 26.2. The predicted octanol–water partition coefficient (Wildman–Crippen LogP) is 2.52. The molecule has 1 aromatic carbocycles. The van der Waals surface area contributed by atoms with Gasteiger partial charge in [-0.3, -0.25) is 9.59 Å². The van der Waals surface area contributed by atoms with Gasteiger partial charge in [0, 0.05) is 18.3 Å². The second kappa shape index (κ2) is 6.85. The van der Waals surface area contributed by atoms with Crippen LogP contribution in [-0.2, 0) is 9.59 Å². The van der Waals surface area contributed by atoms with Crippen LogP contribution in [0.15, 0.2) is 18.2 Å². The molecule has 7 heteroatoms. The molecule has 1 saturated heterocycles. The third-order valence-corrected chi connectivity index (χ3v) is 3.60. The molecule has 1 aliphatic heterocycles. The molecule has 4 nitrogen and oxygen atoms in total. The molecule has 1 fully saturated rings. The van der Waals surface area contributed by atoms with E-state index in [4.69, 9.17) is 11.6 Å². The topological polar surface area (TPSA) is 49.4 Å². The fourth-order valence-corrected chi connectivity index (χ4v) is 2.58. The number of anilines is 1. The number of likely N-dealkylation sites (tertiary alicyclic amines) is 1. The van der Waals surface area contributed by atoms with E-state index in [-0.39, 0.29) is 17.5 Å². The van der Waals surface area contributed by atoms with Crippen molar-refractivity contribution in [3.8, 4) is 0 Å². The van der Waals surface area contributed by atoms with E-state index in [1.165, 1.54) is 4.90 Å². The summed E-state index contributed by atoms with van der Waals surface area (Å²) >= 11 is 5.53. The number of nitrogens with zero attached hydrogens (tertiary/aromatic N) is 1. The molecule has 1 heterocycles. The summed E-state index contributed by atoms with van der Waals surface area (Å²) in [5.41, 5.74) is 0.0290. The minimum atomic E-state index is -0.775. The van der Waals surface area contributed by atoms with Crippen LogP contribution in [0.1, 0.15) is 19.3 Å². The van der Waals surface area contributed by atoms with Crippen molar-refractivity contribution in [1.82, 2.24) is 4.90 Å². The van der Waals surface area contributed by atoms with E-state index in [9.17, 15) is 18.4 Å². The largest absolute Gasteiger partial charge is 0.330 e. The number of alkyl halides is 1. The lowest BCUT2D eigenvalue weighted by molar-refractivity contribution is -0.138. The number of carbonyl (C=O) groups excluding carboxylic acids is 2. The molecule has 1 N–H and O–H groups in total. The Labute approximate surface area is 126 Å². The van der Waals surface area contributed by atoms with Crippen molar-refractivity contribution in [2.75, 3.05) is 17.7 Å². The number of nitrogens with one attached hydrogen (secondary N) is 1. The van der Waals surface area contributed by atoms with Gasteiger partial charge in [0.05, 0.1) is 0 Å². The van der Waals surface area contributed by atoms with Crippen LogP contribution in [0, 0.1) is 11.6 Å². The molecule has 0 saturated carbocycles. The zero-order valence-electron chi connectivity index (χ0n) is 11.2. The molecular formula is C14H15ClF2N2O2. The summed E-state index contributed by atoms with van der Waals surface area (Å²) in [5.74, 6) is -2.52. The van der Waals surface area contributed by atoms with E-state index in [1.54, 1.807) is 0 Å². The Hall–Kier alpha value is -1.69. The van der Waals surface area contributed by atoms with Crippen LogP contribution >= 0.6 is 11.6 Å². The molecule has 0 radical (unpaired) electrons. The second-order valence-corrected chi connectivity index (χ2v) is 5.15. The lowest BCUT2D eigenvalue weighted by Gasteiger charge is -2.34. The van der Waals surface area contributed by atoms with Gasteiger partial charge in [0.1, 0.15) is 23.6 Å². The van der Waals surface area contributed by atoms with Crippen LogP contribution in [0.3, 0.4) is 0 Å². The van der Waals surface area contributed by atoms with E-state index in [2.05, 4.69) is 5.32 Å². The molecule has 1 aliphatic rings. The maximum atomic E-state index is 13.1. The van der Waals surface area contributed by atoms with Gasteiger partial charge in [-0.1, -0.05) is 0 Å². The minimum absolute atomic E-state index is 0.0290. The Morgan fingerprint density at radius 3 is 2.52 bits per heavy atom. The van der Waals surface area contributed by atoms with Crippen LogP contribution in [0.5, 0.6) is 0 Å². The Kier molecular flexibility index (Phi) is 5.12. The number of amides is 2. The van der Waals surface area contributed by atoms with Gasteiger partial charge in [-0.25, -0.2) is 8.78 Å². The quantitative estimate of drug-likeness (QED) is 0.871. The lowest BCUT2D eigenvalue weighted by atomic mass is 10.0. The van der Waals surface area contributed by atoms with Crippen LogP contribution in [-0.4, -0.2) is 35.2 Å². The number of rotatable bonds is 3. The highest BCUT2D eigenvalue weighted by Crippen LogP contribution is 2.20. The van der Waals surface area contributed by atoms with Crippen LogP contribution < -0.4 is 5.32 Å². The van der Waals surface area contributed by atoms with Gasteiger partial charge < -0.3 is 10.2 Å². The van der Waals surface area contributed by atoms with E-state index >= 15 is 0 Å². The molecule has 0 spiro atoms. The summed E-state index contributed by atoms with van der Waals surface area (Å²) in [6.45, 7) is 0.459. The van der Waals surface area contributed by atoms with E-state index in [0.717, 1.165) is 31.0 Å². The summed E-state index contributed by atoms with van der Waals surface area (Å²) in [5, 5.41) is 2.45. The van der Waals surface area contributed by atoms with Crippen molar-refractivity contribution < 1.29 is 18.4 Å². The van der Waals surface area contributed by atoms with Crippen molar-refractivity contribution >= 4 is 29.1 Å².